The van der Waals surface area contributed by atoms with Crippen molar-refractivity contribution in [3.05, 3.63) is 81.7 Å². The first-order valence-corrected chi connectivity index (χ1v) is 10.1. The molecule has 160 valence electrons. The van der Waals surface area contributed by atoms with Gasteiger partial charge in [-0.1, -0.05) is 0 Å². The summed E-state index contributed by atoms with van der Waals surface area (Å²) in [6.45, 7) is -0.271. The van der Waals surface area contributed by atoms with Crippen molar-refractivity contribution in [3.63, 3.8) is 0 Å². The molecular formula is C21H12BrN3O7. The standard InChI is InChI=1S/C21H12BrN3O7/c22-16-6-5-15(31-16)18-24-23-17(32-18)10-30-21(28)11-3-4-13-14(8-11)20(27)25(19(13)26)9-12-2-1-7-29-12/h1-8H,9-10H2. The van der Waals surface area contributed by atoms with E-state index in [-0.39, 0.29) is 41.6 Å². The molecule has 0 fully saturated rings. The van der Waals surface area contributed by atoms with Gasteiger partial charge in [-0.3, -0.25) is 14.5 Å². The van der Waals surface area contributed by atoms with Crippen LogP contribution in [0.3, 0.4) is 0 Å². The number of benzene rings is 1. The highest BCUT2D eigenvalue weighted by Gasteiger charge is 2.36. The van der Waals surface area contributed by atoms with Crippen LogP contribution in [0.1, 0.15) is 42.7 Å². The van der Waals surface area contributed by atoms with Crippen molar-refractivity contribution in [2.24, 2.45) is 0 Å². The lowest BCUT2D eigenvalue weighted by Crippen LogP contribution is -2.28. The first-order valence-electron chi connectivity index (χ1n) is 9.27. The molecule has 1 aliphatic rings. The lowest BCUT2D eigenvalue weighted by molar-refractivity contribution is 0.0438. The summed E-state index contributed by atoms with van der Waals surface area (Å²) in [7, 11) is 0. The minimum Gasteiger partial charge on any atom is -0.467 e. The van der Waals surface area contributed by atoms with Crippen LogP contribution in [-0.2, 0) is 17.9 Å². The number of carbonyl (C=O) groups is 3. The number of nitrogens with zero attached hydrogens (tertiary/aromatic N) is 3. The van der Waals surface area contributed by atoms with Crippen molar-refractivity contribution in [1.82, 2.24) is 15.1 Å². The van der Waals surface area contributed by atoms with E-state index in [0.29, 0.717) is 16.2 Å². The average molecular weight is 498 g/mol. The van der Waals surface area contributed by atoms with E-state index in [2.05, 4.69) is 26.1 Å². The molecule has 5 rings (SSSR count). The van der Waals surface area contributed by atoms with Gasteiger partial charge in [-0.15, -0.1) is 10.2 Å². The van der Waals surface area contributed by atoms with Gasteiger partial charge in [-0.05, 0) is 58.4 Å². The summed E-state index contributed by atoms with van der Waals surface area (Å²) >= 11 is 3.18. The number of carbonyl (C=O) groups excluding carboxylic acids is 3. The third kappa shape index (κ3) is 3.62. The van der Waals surface area contributed by atoms with Crippen LogP contribution in [-0.4, -0.2) is 32.9 Å². The van der Waals surface area contributed by atoms with Crippen molar-refractivity contribution < 1.29 is 32.4 Å². The van der Waals surface area contributed by atoms with E-state index >= 15 is 0 Å². The Morgan fingerprint density at radius 2 is 1.88 bits per heavy atom. The molecule has 1 aromatic carbocycles. The van der Waals surface area contributed by atoms with Crippen molar-refractivity contribution in [2.75, 3.05) is 0 Å². The van der Waals surface area contributed by atoms with Gasteiger partial charge in [0.25, 0.3) is 23.6 Å². The molecule has 3 aromatic heterocycles. The number of amides is 2. The Balaban J connectivity index is 1.27. The molecular weight excluding hydrogens is 486 g/mol. The van der Waals surface area contributed by atoms with Crippen LogP contribution in [0.5, 0.6) is 0 Å². The van der Waals surface area contributed by atoms with Gasteiger partial charge in [0.15, 0.2) is 17.0 Å². The molecule has 0 spiro atoms. The monoisotopic (exact) mass is 497 g/mol. The Kier molecular flexibility index (Phi) is 4.94. The topological polar surface area (TPSA) is 129 Å². The molecule has 0 N–H and O–H groups in total. The number of aromatic nitrogens is 2. The second kappa shape index (κ2) is 7.93. The number of halogens is 1. The Bertz CT molecular complexity index is 1340. The predicted octanol–water partition coefficient (Wildman–Crippen LogP) is 3.84. The first kappa shape index (κ1) is 19.9. The van der Waals surface area contributed by atoms with E-state index in [1.165, 1.54) is 24.5 Å². The fourth-order valence-electron chi connectivity index (χ4n) is 3.17. The van der Waals surface area contributed by atoms with E-state index in [0.717, 1.165) is 4.90 Å². The zero-order valence-corrected chi connectivity index (χ0v) is 17.7. The number of hydrogen-bond donors (Lipinski definition) is 0. The SMILES string of the molecule is O=C(OCc1nnc(-c2ccc(Br)o2)o1)c1ccc2c(c1)C(=O)N(Cc1ccco1)C2=O. The molecule has 0 bridgehead atoms. The van der Waals surface area contributed by atoms with E-state index in [9.17, 15) is 14.4 Å². The van der Waals surface area contributed by atoms with Crippen LogP contribution in [0.4, 0.5) is 0 Å². The number of esters is 1. The van der Waals surface area contributed by atoms with Gasteiger partial charge in [0.2, 0.25) is 0 Å². The molecule has 0 aliphatic carbocycles. The maximum Gasteiger partial charge on any atom is 0.338 e. The molecule has 1 aliphatic heterocycles. The zero-order chi connectivity index (χ0) is 22.2. The highest BCUT2D eigenvalue weighted by atomic mass is 79.9. The van der Waals surface area contributed by atoms with Gasteiger partial charge in [-0.25, -0.2) is 4.79 Å². The average Bonchev–Trinajstić information content (AvgIpc) is 3.58. The van der Waals surface area contributed by atoms with E-state index in [1.807, 2.05) is 0 Å². The maximum atomic E-state index is 12.7. The molecule has 0 saturated carbocycles. The Morgan fingerprint density at radius 1 is 1.03 bits per heavy atom. The number of hydrogen-bond acceptors (Lipinski definition) is 9. The number of ether oxygens (including phenoxy) is 1. The Hall–Kier alpha value is -3.99. The van der Waals surface area contributed by atoms with Crippen molar-refractivity contribution >= 4 is 33.7 Å². The van der Waals surface area contributed by atoms with Crippen LogP contribution in [0.15, 0.2) is 66.6 Å². The summed E-state index contributed by atoms with van der Waals surface area (Å²) < 4.78 is 21.7. The summed E-state index contributed by atoms with van der Waals surface area (Å²) in [5, 5.41) is 7.65. The molecule has 2 amide bonds. The smallest absolute Gasteiger partial charge is 0.338 e. The number of fused-ring (bicyclic) bond motifs is 1. The van der Waals surface area contributed by atoms with Crippen molar-refractivity contribution in [3.8, 4) is 11.7 Å². The van der Waals surface area contributed by atoms with Crippen LogP contribution >= 0.6 is 15.9 Å². The van der Waals surface area contributed by atoms with E-state index < -0.39 is 17.8 Å². The Morgan fingerprint density at radius 3 is 2.62 bits per heavy atom. The second-order valence-corrected chi connectivity index (χ2v) is 7.50. The molecule has 10 nitrogen and oxygen atoms in total. The minimum absolute atomic E-state index is 0.00482. The summed E-state index contributed by atoms with van der Waals surface area (Å²) in [6.07, 6.45) is 1.46. The molecule has 0 saturated heterocycles. The molecule has 0 radical (unpaired) electrons. The van der Waals surface area contributed by atoms with Crippen molar-refractivity contribution in [1.29, 1.82) is 0 Å². The molecule has 11 heteroatoms. The van der Waals surface area contributed by atoms with Gasteiger partial charge in [0.1, 0.15) is 5.76 Å². The highest BCUT2D eigenvalue weighted by Crippen LogP contribution is 2.27. The number of furan rings is 2. The zero-order valence-electron chi connectivity index (χ0n) is 16.1. The van der Waals surface area contributed by atoms with E-state index in [4.69, 9.17) is 18.0 Å². The number of imide groups is 1. The normalized spacial score (nSPS) is 13.0. The molecule has 4 heterocycles. The maximum absolute atomic E-state index is 12.7. The lowest BCUT2D eigenvalue weighted by Gasteiger charge is -2.11. The second-order valence-electron chi connectivity index (χ2n) is 6.72. The molecule has 0 atom stereocenters. The quantitative estimate of drug-likeness (QED) is 0.288. The fourth-order valence-corrected chi connectivity index (χ4v) is 3.48. The largest absolute Gasteiger partial charge is 0.467 e. The first-order chi connectivity index (χ1) is 15.5. The molecule has 32 heavy (non-hydrogen) atoms. The molecule has 4 aromatic rings. The summed E-state index contributed by atoms with van der Waals surface area (Å²) in [5.74, 6) is -0.634. The lowest BCUT2D eigenvalue weighted by atomic mass is 10.1. The van der Waals surface area contributed by atoms with Crippen LogP contribution in [0.2, 0.25) is 0 Å². The van der Waals surface area contributed by atoms with Gasteiger partial charge in [-0.2, -0.15) is 0 Å². The van der Waals surface area contributed by atoms with Crippen LogP contribution in [0, 0.1) is 0 Å². The summed E-state index contributed by atoms with van der Waals surface area (Å²) in [5.41, 5.74) is 0.447. The van der Waals surface area contributed by atoms with Gasteiger partial charge in [0.05, 0.1) is 29.5 Å². The predicted molar refractivity (Wildman–Crippen MR) is 108 cm³/mol. The van der Waals surface area contributed by atoms with Crippen LogP contribution in [0.25, 0.3) is 11.7 Å². The van der Waals surface area contributed by atoms with Gasteiger partial charge in [0, 0.05) is 0 Å². The van der Waals surface area contributed by atoms with Crippen LogP contribution < -0.4 is 0 Å². The third-order valence-electron chi connectivity index (χ3n) is 4.68. The minimum atomic E-state index is -0.710. The fraction of sp³-hybridized carbons (Fsp3) is 0.0952. The van der Waals surface area contributed by atoms with E-state index in [1.54, 1.807) is 24.3 Å². The highest BCUT2D eigenvalue weighted by molar-refractivity contribution is 9.10. The Labute approximate surface area is 187 Å². The summed E-state index contributed by atoms with van der Waals surface area (Å²) in [6, 6.07) is 10.8. The molecule has 0 unspecified atom stereocenters. The van der Waals surface area contributed by atoms with Gasteiger partial charge >= 0.3 is 5.97 Å². The van der Waals surface area contributed by atoms with Crippen molar-refractivity contribution in [2.45, 2.75) is 13.2 Å². The summed E-state index contributed by atoms with van der Waals surface area (Å²) in [4.78, 5) is 38.8. The third-order valence-corrected chi connectivity index (χ3v) is 5.10. The number of rotatable bonds is 6. The van der Waals surface area contributed by atoms with Gasteiger partial charge < -0.3 is 18.0 Å².